The molecule has 0 aromatic heterocycles. The number of hydrogen-bond donors (Lipinski definition) is 0. The van der Waals surface area contributed by atoms with Crippen molar-refractivity contribution in [2.45, 2.75) is 55.9 Å². The van der Waals surface area contributed by atoms with Gasteiger partial charge in [-0.15, -0.1) is 0 Å². The Morgan fingerprint density at radius 2 is 2.42 bits per heavy atom. The van der Waals surface area contributed by atoms with E-state index < -0.39 is 0 Å². The lowest BCUT2D eigenvalue weighted by molar-refractivity contribution is 0.221. The molecule has 3 saturated heterocycles. The van der Waals surface area contributed by atoms with Gasteiger partial charge >= 0.3 is 0 Å². The van der Waals surface area contributed by atoms with Crippen molar-refractivity contribution in [1.82, 2.24) is 0 Å². The van der Waals surface area contributed by atoms with Gasteiger partial charge in [0.05, 0.1) is 6.10 Å². The Bertz CT molecular complexity index is 262. The Kier molecular flexibility index (Phi) is 0.778. The first-order chi connectivity index (χ1) is 5.81. The van der Waals surface area contributed by atoms with E-state index in [4.69, 9.17) is 14.2 Å². The highest BCUT2D eigenvalue weighted by molar-refractivity contribution is 5.32. The Morgan fingerprint density at radius 3 is 3.25 bits per heavy atom. The van der Waals surface area contributed by atoms with Gasteiger partial charge in [0.15, 0.2) is 0 Å². The third-order valence-corrected chi connectivity index (χ3v) is 3.66. The number of fused-ring (bicyclic) bond motifs is 2. The normalized spacial score (nSPS) is 69.2. The largest absolute Gasteiger partial charge is 0.366 e. The van der Waals surface area contributed by atoms with Gasteiger partial charge < -0.3 is 14.2 Å². The van der Waals surface area contributed by atoms with E-state index in [1.807, 2.05) is 0 Å². The third-order valence-electron chi connectivity index (χ3n) is 3.66. The third kappa shape index (κ3) is 0.466. The molecule has 0 aromatic rings. The van der Waals surface area contributed by atoms with Crippen molar-refractivity contribution in [2.75, 3.05) is 0 Å². The van der Waals surface area contributed by atoms with Gasteiger partial charge in [-0.2, -0.15) is 0 Å². The Hall–Kier alpha value is -0.120. The summed E-state index contributed by atoms with van der Waals surface area (Å²) in [5.41, 5.74) is 0.0735. The molecule has 12 heavy (non-hydrogen) atoms. The smallest absolute Gasteiger partial charge is 0.229 e. The first-order valence-corrected chi connectivity index (χ1v) is 4.85. The topological polar surface area (TPSA) is 37.6 Å². The van der Waals surface area contributed by atoms with Crippen molar-refractivity contribution in [3.63, 3.8) is 0 Å². The van der Waals surface area contributed by atoms with Crippen LogP contribution in [0.25, 0.3) is 0 Å². The molecule has 0 amide bonds. The highest BCUT2D eigenvalue weighted by atomic mass is 16.9. The predicted octanol–water partition coefficient (Wildman–Crippen LogP) is 0.822. The monoisotopic (exact) mass is 168 g/mol. The molecule has 4 fully saturated rings. The fourth-order valence-corrected chi connectivity index (χ4v) is 2.98. The number of ether oxygens (including phenoxy) is 3. The Balaban J connectivity index is 1.68. The van der Waals surface area contributed by atoms with Gasteiger partial charge in [-0.3, -0.25) is 0 Å². The maximum absolute atomic E-state index is 5.77. The zero-order valence-electron chi connectivity index (χ0n) is 7.08. The molecule has 3 aliphatic heterocycles. The van der Waals surface area contributed by atoms with E-state index in [1.54, 1.807) is 0 Å². The summed E-state index contributed by atoms with van der Waals surface area (Å²) in [5, 5.41) is 0. The van der Waals surface area contributed by atoms with E-state index in [9.17, 15) is 0 Å². The van der Waals surface area contributed by atoms with Gasteiger partial charge in [-0.25, -0.2) is 0 Å². The summed E-state index contributed by atoms with van der Waals surface area (Å²) in [6.07, 6.45) is 4.52. The Morgan fingerprint density at radius 1 is 1.50 bits per heavy atom. The molecule has 1 saturated carbocycles. The van der Waals surface area contributed by atoms with E-state index in [2.05, 4.69) is 6.92 Å². The van der Waals surface area contributed by atoms with Crippen LogP contribution in [0.5, 0.6) is 0 Å². The second-order valence-corrected chi connectivity index (χ2v) is 4.40. The summed E-state index contributed by atoms with van der Waals surface area (Å²) >= 11 is 0. The van der Waals surface area contributed by atoms with Crippen molar-refractivity contribution in [2.24, 2.45) is 0 Å². The minimum absolute atomic E-state index is 0.0735. The van der Waals surface area contributed by atoms with Crippen LogP contribution < -0.4 is 0 Å². The molecule has 0 radical (unpaired) electrons. The summed E-state index contributed by atoms with van der Waals surface area (Å²) in [5.74, 6) is -0.152. The fourth-order valence-electron chi connectivity index (χ4n) is 2.98. The molecule has 66 valence electrons. The van der Waals surface area contributed by atoms with Gasteiger partial charge in [0.1, 0.15) is 17.8 Å². The molecule has 1 aliphatic carbocycles. The predicted molar refractivity (Wildman–Crippen MR) is 39.6 cm³/mol. The lowest BCUT2D eigenvalue weighted by atomic mass is 9.86. The van der Waals surface area contributed by atoms with E-state index >= 15 is 0 Å². The molecular weight excluding hydrogens is 156 g/mol. The Labute approximate surface area is 71.0 Å². The van der Waals surface area contributed by atoms with Crippen LogP contribution in [0, 0.1) is 0 Å². The molecule has 4 rings (SSSR count). The van der Waals surface area contributed by atoms with Crippen LogP contribution in [0.3, 0.4) is 0 Å². The lowest BCUT2D eigenvalue weighted by Gasteiger charge is -2.09. The van der Waals surface area contributed by atoms with Gasteiger partial charge in [0.25, 0.3) is 0 Å². The number of rotatable bonds is 2. The fraction of sp³-hybridized carbons (Fsp3) is 1.00. The van der Waals surface area contributed by atoms with E-state index in [0.29, 0.717) is 18.3 Å². The molecule has 0 aromatic carbocycles. The summed E-state index contributed by atoms with van der Waals surface area (Å²) in [7, 11) is 0. The summed E-state index contributed by atoms with van der Waals surface area (Å²) in [4.78, 5) is 0. The maximum Gasteiger partial charge on any atom is 0.229 e. The van der Waals surface area contributed by atoms with Gasteiger partial charge in [-0.05, 0) is 6.42 Å². The SMILES string of the molecule is CCCC12CC3OC3C3OC31O2. The van der Waals surface area contributed by atoms with Gasteiger partial charge in [0, 0.05) is 6.42 Å². The molecule has 3 heterocycles. The summed E-state index contributed by atoms with van der Waals surface area (Å²) < 4.78 is 16.9. The maximum atomic E-state index is 5.77. The van der Waals surface area contributed by atoms with E-state index in [0.717, 1.165) is 12.8 Å². The van der Waals surface area contributed by atoms with Crippen LogP contribution in [0.1, 0.15) is 26.2 Å². The highest BCUT2D eigenvalue weighted by Crippen LogP contribution is 2.74. The molecule has 5 atom stereocenters. The van der Waals surface area contributed by atoms with Crippen LogP contribution in [-0.4, -0.2) is 29.7 Å². The first-order valence-electron chi connectivity index (χ1n) is 4.85. The van der Waals surface area contributed by atoms with Gasteiger partial charge in [-0.1, -0.05) is 13.3 Å². The lowest BCUT2D eigenvalue weighted by Crippen LogP contribution is -2.27. The van der Waals surface area contributed by atoms with E-state index in [-0.39, 0.29) is 11.4 Å². The van der Waals surface area contributed by atoms with Crippen LogP contribution in [0.2, 0.25) is 0 Å². The second-order valence-electron chi connectivity index (χ2n) is 4.40. The standard InChI is InChI=1S/C9H12O3/c1-2-3-8-4-5-6(10-5)7-9(8,11-7)12-8/h5-7H,2-4H2,1H3. The van der Waals surface area contributed by atoms with Gasteiger partial charge in [0.2, 0.25) is 5.79 Å². The minimum Gasteiger partial charge on any atom is -0.366 e. The molecule has 0 N–H and O–H groups in total. The van der Waals surface area contributed by atoms with Crippen LogP contribution >= 0.6 is 0 Å². The summed E-state index contributed by atoms with van der Waals surface area (Å²) in [6, 6.07) is 0. The summed E-state index contributed by atoms with van der Waals surface area (Å²) in [6.45, 7) is 2.20. The second kappa shape index (κ2) is 1.47. The molecule has 4 aliphatic rings. The molecule has 3 heteroatoms. The quantitative estimate of drug-likeness (QED) is 0.573. The average Bonchev–Trinajstić information content (AvgIpc) is 2.77. The molecule has 1 spiro atoms. The number of hydrogen-bond acceptors (Lipinski definition) is 3. The molecule has 0 bridgehead atoms. The van der Waals surface area contributed by atoms with E-state index in [1.165, 1.54) is 6.42 Å². The van der Waals surface area contributed by atoms with Crippen molar-refractivity contribution < 1.29 is 14.2 Å². The highest BCUT2D eigenvalue weighted by Gasteiger charge is 2.92. The van der Waals surface area contributed by atoms with Crippen molar-refractivity contribution >= 4 is 0 Å². The van der Waals surface area contributed by atoms with Crippen LogP contribution in [0.4, 0.5) is 0 Å². The van der Waals surface area contributed by atoms with Crippen LogP contribution in [0.15, 0.2) is 0 Å². The molecular formula is C9H12O3. The zero-order valence-corrected chi connectivity index (χ0v) is 7.08. The van der Waals surface area contributed by atoms with Crippen molar-refractivity contribution in [3.05, 3.63) is 0 Å². The first kappa shape index (κ1) is 6.35. The van der Waals surface area contributed by atoms with Crippen LogP contribution in [-0.2, 0) is 14.2 Å². The molecule has 3 nitrogen and oxygen atoms in total. The average molecular weight is 168 g/mol. The molecule has 5 unspecified atom stereocenters. The number of epoxide rings is 3. The zero-order chi connectivity index (χ0) is 7.97. The van der Waals surface area contributed by atoms with Crippen molar-refractivity contribution in [3.8, 4) is 0 Å². The van der Waals surface area contributed by atoms with Crippen molar-refractivity contribution in [1.29, 1.82) is 0 Å². The minimum atomic E-state index is -0.152.